The van der Waals surface area contributed by atoms with Gasteiger partial charge in [-0.25, -0.2) is 4.98 Å². The number of hydrogen-bond acceptors (Lipinski definition) is 6. The molecule has 30 heavy (non-hydrogen) atoms. The molecule has 9 heteroatoms. The number of hydrogen-bond donors (Lipinski definition) is 2. The summed E-state index contributed by atoms with van der Waals surface area (Å²) >= 11 is 0. The summed E-state index contributed by atoms with van der Waals surface area (Å²) < 4.78 is 0. The minimum Gasteiger partial charge on any atom is -0.380 e. The number of carbonyl (C=O) groups excluding carboxylic acids is 1. The number of rotatable bonds is 5. The maximum absolute atomic E-state index is 13.1. The van der Waals surface area contributed by atoms with Crippen LogP contribution in [0.15, 0.2) is 42.7 Å². The molecule has 1 aliphatic heterocycles. The Morgan fingerprint density at radius 2 is 2.00 bits per heavy atom. The molecule has 0 spiro atoms. The van der Waals surface area contributed by atoms with Gasteiger partial charge in [0.1, 0.15) is 0 Å². The zero-order chi connectivity index (χ0) is 21.3. The molecule has 0 radical (unpaired) electrons. The summed E-state index contributed by atoms with van der Waals surface area (Å²) in [6.45, 7) is 6.60. The van der Waals surface area contributed by atoms with Crippen LogP contribution in [0.4, 0.5) is 17.2 Å². The third-order valence-electron chi connectivity index (χ3n) is 5.20. The molecule has 9 nitrogen and oxygen atoms in total. The fraction of sp³-hybridized carbons (Fsp3) is 0.333. The smallest absolute Gasteiger partial charge is 0.270 e. The third kappa shape index (κ3) is 3.78. The monoisotopic (exact) mass is 408 g/mol. The Morgan fingerprint density at radius 1 is 1.23 bits per heavy atom. The summed E-state index contributed by atoms with van der Waals surface area (Å²) in [5, 5.41) is 15.1. The lowest BCUT2D eigenvalue weighted by molar-refractivity contribution is -0.384. The highest BCUT2D eigenvalue weighted by atomic mass is 16.6. The predicted octanol–water partition coefficient (Wildman–Crippen LogP) is 3.25. The molecule has 0 unspecified atom stereocenters. The first-order valence-electron chi connectivity index (χ1n) is 9.95. The van der Waals surface area contributed by atoms with Gasteiger partial charge in [0.25, 0.3) is 11.6 Å². The van der Waals surface area contributed by atoms with Crippen molar-refractivity contribution in [3.05, 3.63) is 58.4 Å². The molecular formula is C21H24N6O3. The van der Waals surface area contributed by atoms with Crippen molar-refractivity contribution in [2.75, 3.05) is 36.4 Å². The molecule has 1 amide bonds. The van der Waals surface area contributed by atoms with Crippen LogP contribution in [-0.2, 0) is 0 Å². The van der Waals surface area contributed by atoms with Crippen LogP contribution in [0.3, 0.4) is 0 Å². The predicted molar refractivity (Wildman–Crippen MR) is 116 cm³/mol. The standard InChI is InChI=1S/C21H24N6O3/c1-14(2)24-19-4-3-7-22-20(19)25-8-10-26(11-9-25)21(28)17-13-23-18-6-5-15(27(29)30)12-16(17)18/h3-7,12-14,23-24H,8-11H2,1-2H3. The molecule has 0 saturated carbocycles. The Hall–Kier alpha value is -3.62. The summed E-state index contributed by atoms with van der Waals surface area (Å²) in [7, 11) is 0. The van der Waals surface area contributed by atoms with Gasteiger partial charge in [0.05, 0.1) is 16.2 Å². The maximum atomic E-state index is 13.1. The van der Waals surface area contributed by atoms with Crippen molar-refractivity contribution >= 4 is 34.0 Å². The quantitative estimate of drug-likeness (QED) is 0.496. The van der Waals surface area contributed by atoms with Gasteiger partial charge in [0.15, 0.2) is 5.82 Å². The number of H-pyrrole nitrogens is 1. The molecular weight excluding hydrogens is 384 g/mol. The van der Waals surface area contributed by atoms with Crippen LogP contribution < -0.4 is 10.2 Å². The van der Waals surface area contributed by atoms with Gasteiger partial charge in [-0.3, -0.25) is 14.9 Å². The van der Waals surface area contributed by atoms with Crippen molar-refractivity contribution in [2.24, 2.45) is 0 Å². The minimum absolute atomic E-state index is 0.0266. The van der Waals surface area contributed by atoms with Crippen LogP contribution in [0.5, 0.6) is 0 Å². The number of nitrogens with one attached hydrogen (secondary N) is 2. The van der Waals surface area contributed by atoms with Gasteiger partial charge < -0.3 is 20.1 Å². The Kier molecular flexibility index (Phi) is 5.26. The van der Waals surface area contributed by atoms with Crippen molar-refractivity contribution in [1.82, 2.24) is 14.9 Å². The summed E-state index contributed by atoms with van der Waals surface area (Å²) in [6.07, 6.45) is 3.41. The van der Waals surface area contributed by atoms with Crippen molar-refractivity contribution in [3.8, 4) is 0 Å². The van der Waals surface area contributed by atoms with Gasteiger partial charge in [0, 0.05) is 67.7 Å². The summed E-state index contributed by atoms with van der Waals surface area (Å²) in [6, 6.07) is 8.73. The Morgan fingerprint density at radius 3 is 2.70 bits per heavy atom. The number of non-ortho nitro benzene ring substituents is 1. The minimum atomic E-state index is -0.449. The zero-order valence-electron chi connectivity index (χ0n) is 17.0. The van der Waals surface area contributed by atoms with E-state index < -0.39 is 4.92 Å². The molecule has 1 fully saturated rings. The van der Waals surface area contributed by atoms with E-state index in [0.717, 1.165) is 11.5 Å². The van der Waals surface area contributed by atoms with E-state index in [1.807, 2.05) is 12.1 Å². The van der Waals surface area contributed by atoms with E-state index in [4.69, 9.17) is 0 Å². The Labute approximate surface area is 173 Å². The Balaban J connectivity index is 1.50. The van der Waals surface area contributed by atoms with E-state index >= 15 is 0 Å². The van der Waals surface area contributed by atoms with Crippen LogP contribution >= 0.6 is 0 Å². The maximum Gasteiger partial charge on any atom is 0.270 e. The van der Waals surface area contributed by atoms with Crippen LogP contribution in [0.25, 0.3) is 10.9 Å². The number of fused-ring (bicyclic) bond motifs is 1. The molecule has 0 bridgehead atoms. The molecule has 4 rings (SSSR count). The summed E-state index contributed by atoms with van der Waals surface area (Å²) in [5.74, 6) is 0.768. The zero-order valence-corrected chi connectivity index (χ0v) is 17.0. The first-order valence-corrected chi connectivity index (χ1v) is 9.95. The summed E-state index contributed by atoms with van der Waals surface area (Å²) in [4.78, 5) is 35.3. The Bertz CT molecular complexity index is 1090. The van der Waals surface area contributed by atoms with E-state index in [0.29, 0.717) is 48.7 Å². The molecule has 0 atom stereocenters. The number of aromatic nitrogens is 2. The lowest BCUT2D eigenvalue weighted by atomic mass is 10.1. The van der Waals surface area contributed by atoms with Crippen molar-refractivity contribution in [1.29, 1.82) is 0 Å². The number of anilines is 2. The molecule has 0 aliphatic carbocycles. The normalized spacial score (nSPS) is 14.4. The third-order valence-corrected chi connectivity index (χ3v) is 5.20. The number of benzene rings is 1. The second-order valence-electron chi connectivity index (χ2n) is 7.64. The van der Waals surface area contributed by atoms with Gasteiger partial charge in [-0.05, 0) is 32.0 Å². The van der Waals surface area contributed by atoms with Crippen LogP contribution in [0.1, 0.15) is 24.2 Å². The highest BCUT2D eigenvalue weighted by Crippen LogP contribution is 2.27. The number of nitrogens with zero attached hydrogens (tertiary/aromatic N) is 4. The van der Waals surface area contributed by atoms with Crippen molar-refractivity contribution in [2.45, 2.75) is 19.9 Å². The number of nitro benzene ring substituents is 1. The second kappa shape index (κ2) is 8.02. The van der Waals surface area contributed by atoms with E-state index in [2.05, 4.69) is 34.0 Å². The lowest BCUT2D eigenvalue weighted by Crippen LogP contribution is -2.49. The van der Waals surface area contributed by atoms with Gasteiger partial charge in [-0.1, -0.05) is 0 Å². The first-order chi connectivity index (χ1) is 14.4. The van der Waals surface area contributed by atoms with E-state index in [1.165, 1.54) is 12.1 Å². The largest absolute Gasteiger partial charge is 0.380 e. The summed E-state index contributed by atoms with van der Waals surface area (Å²) in [5.41, 5.74) is 2.13. The fourth-order valence-corrected chi connectivity index (χ4v) is 3.76. The highest BCUT2D eigenvalue weighted by Gasteiger charge is 2.26. The molecule has 1 aromatic carbocycles. The fourth-order valence-electron chi connectivity index (χ4n) is 3.76. The second-order valence-corrected chi connectivity index (χ2v) is 7.64. The molecule has 1 aliphatic rings. The van der Waals surface area contributed by atoms with E-state index in [1.54, 1.807) is 23.4 Å². The average Bonchev–Trinajstić information content (AvgIpc) is 3.16. The molecule has 2 aromatic heterocycles. The number of carbonyl (C=O) groups is 1. The highest BCUT2D eigenvalue weighted by molar-refractivity contribution is 6.07. The average molecular weight is 408 g/mol. The van der Waals surface area contributed by atoms with Crippen LogP contribution in [0, 0.1) is 10.1 Å². The van der Waals surface area contributed by atoms with Crippen molar-refractivity contribution in [3.63, 3.8) is 0 Å². The number of nitro groups is 1. The SMILES string of the molecule is CC(C)Nc1cccnc1N1CCN(C(=O)c2c[nH]c3ccc([N+](=O)[O-])cc23)CC1. The molecule has 156 valence electrons. The van der Waals surface area contributed by atoms with Gasteiger partial charge >= 0.3 is 0 Å². The number of aromatic amines is 1. The number of piperazine rings is 1. The van der Waals surface area contributed by atoms with E-state index in [-0.39, 0.29) is 11.6 Å². The molecule has 3 aromatic rings. The van der Waals surface area contributed by atoms with Crippen LogP contribution in [0.2, 0.25) is 0 Å². The number of pyridine rings is 1. The lowest BCUT2D eigenvalue weighted by Gasteiger charge is -2.36. The first kappa shape index (κ1) is 19.7. The van der Waals surface area contributed by atoms with Crippen molar-refractivity contribution < 1.29 is 9.72 Å². The topological polar surface area (TPSA) is 107 Å². The van der Waals surface area contributed by atoms with Gasteiger partial charge in [0.2, 0.25) is 0 Å². The molecule has 2 N–H and O–H groups in total. The molecule has 1 saturated heterocycles. The number of amides is 1. The van der Waals surface area contributed by atoms with E-state index in [9.17, 15) is 14.9 Å². The van der Waals surface area contributed by atoms with Gasteiger partial charge in [-0.15, -0.1) is 0 Å². The van der Waals surface area contributed by atoms with Gasteiger partial charge in [-0.2, -0.15) is 0 Å². The van der Waals surface area contributed by atoms with Crippen LogP contribution in [-0.4, -0.2) is 57.9 Å². The molecule has 3 heterocycles.